The minimum atomic E-state index is 0.710. The topological polar surface area (TPSA) is 24.5 Å². The Hall–Kier alpha value is -1.36. The van der Waals surface area contributed by atoms with Gasteiger partial charge in [-0.1, -0.05) is 12.1 Å². The average Bonchev–Trinajstić information content (AvgIpc) is 2.97. The number of benzene rings is 1. The Kier molecular flexibility index (Phi) is 4.91. The molecule has 1 N–H and O–H groups in total. The highest BCUT2D eigenvalue weighted by Crippen LogP contribution is 2.29. The average molecular weight is 302 g/mol. The van der Waals surface area contributed by atoms with Crippen LogP contribution in [0.25, 0.3) is 11.1 Å². The Bertz CT molecular complexity index is 576. The van der Waals surface area contributed by atoms with Crippen LogP contribution in [0.15, 0.2) is 35.7 Å². The lowest BCUT2D eigenvalue weighted by Crippen LogP contribution is -2.42. The van der Waals surface area contributed by atoms with Gasteiger partial charge in [0.1, 0.15) is 5.75 Å². The largest absolute Gasteiger partial charge is 0.494 e. The summed E-state index contributed by atoms with van der Waals surface area (Å²) in [6, 6.07) is 10.7. The molecule has 0 amide bonds. The molecule has 0 unspecified atom stereocenters. The number of rotatable bonds is 5. The van der Waals surface area contributed by atoms with E-state index in [1.54, 1.807) is 0 Å². The maximum absolute atomic E-state index is 5.58. The van der Waals surface area contributed by atoms with Crippen LogP contribution in [0.2, 0.25) is 0 Å². The maximum atomic E-state index is 5.58. The second-order valence-corrected chi connectivity index (χ2v) is 6.28. The van der Waals surface area contributed by atoms with Gasteiger partial charge in [0.25, 0.3) is 0 Å². The summed E-state index contributed by atoms with van der Waals surface area (Å²) >= 11 is 1.85. The molecule has 1 aromatic heterocycles. The second kappa shape index (κ2) is 7.07. The van der Waals surface area contributed by atoms with E-state index < -0.39 is 0 Å². The molecule has 1 aliphatic rings. The number of nitrogens with one attached hydrogen (secondary N) is 1. The normalized spacial score (nSPS) is 16.0. The van der Waals surface area contributed by atoms with E-state index in [-0.39, 0.29) is 0 Å². The Labute approximate surface area is 130 Å². The fraction of sp³-hybridized carbons (Fsp3) is 0.412. The van der Waals surface area contributed by atoms with Gasteiger partial charge >= 0.3 is 0 Å². The van der Waals surface area contributed by atoms with Crippen molar-refractivity contribution in [1.82, 2.24) is 10.2 Å². The molecule has 1 aromatic carbocycles. The van der Waals surface area contributed by atoms with Gasteiger partial charge < -0.3 is 10.1 Å². The van der Waals surface area contributed by atoms with Gasteiger partial charge in [0.15, 0.2) is 0 Å². The molecule has 2 aromatic rings. The summed E-state index contributed by atoms with van der Waals surface area (Å²) in [5.74, 6) is 0.949. The van der Waals surface area contributed by atoms with Crippen LogP contribution in [0, 0.1) is 0 Å². The molecule has 0 spiro atoms. The number of nitrogens with zero attached hydrogens (tertiary/aromatic N) is 1. The molecule has 3 nitrogen and oxygen atoms in total. The van der Waals surface area contributed by atoms with Crippen molar-refractivity contribution >= 4 is 11.3 Å². The van der Waals surface area contributed by atoms with E-state index in [9.17, 15) is 0 Å². The highest BCUT2D eigenvalue weighted by Gasteiger charge is 2.11. The molecular formula is C17H22N2OS. The molecule has 0 saturated carbocycles. The Morgan fingerprint density at radius 3 is 2.86 bits per heavy atom. The molecule has 0 aliphatic carbocycles. The Morgan fingerprint density at radius 2 is 2.05 bits per heavy atom. The van der Waals surface area contributed by atoms with E-state index in [0.29, 0.717) is 6.61 Å². The lowest BCUT2D eigenvalue weighted by Gasteiger charge is -2.26. The van der Waals surface area contributed by atoms with Gasteiger partial charge in [0.2, 0.25) is 0 Å². The van der Waals surface area contributed by atoms with Crippen molar-refractivity contribution in [3.8, 4) is 16.9 Å². The smallest absolute Gasteiger partial charge is 0.119 e. The molecule has 1 saturated heterocycles. The summed E-state index contributed by atoms with van der Waals surface area (Å²) in [5.41, 5.74) is 2.54. The van der Waals surface area contributed by atoms with Crippen LogP contribution < -0.4 is 10.1 Å². The molecule has 0 atom stereocenters. The lowest BCUT2D eigenvalue weighted by atomic mass is 10.1. The minimum Gasteiger partial charge on any atom is -0.494 e. The third-order valence-electron chi connectivity index (χ3n) is 3.72. The molecule has 1 aliphatic heterocycles. The van der Waals surface area contributed by atoms with Crippen molar-refractivity contribution in [2.24, 2.45) is 0 Å². The number of piperazine rings is 1. The molecule has 0 radical (unpaired) electrons. The van der Waals surface area contributed by atoms with Crippen LogP contribution in [0.5, 0.6) is 5.75 Å². The van der Waals surface area contributed by atoms with Crippen molar-refractivity contribution in [3.05, 3.63) is 40.6 Å². The highest BCUT2D eigenvalue weighted by molar-refractivity contribution is 7.10. The van der Waals surface area contributed by atoms with Crippen LogP contribution >= 0.6 is 11.3 Å². The van der Waals surface area contributed by atoms with Crippen molar-refractivity contribution in [2.75, 3.05) is 32.8 Å². The predicted molar refractivity (Wildman–Crippen MR) is 89.1 cm³/mol. The Morgan fingerprint density at radius 1 is 1.19 bits per heavy atom. The first-order valence-electron chi connectivity index (χ1n) is 7.59. The molecule has 2 heterocycles. The van der Waals surface area contributed by atoms with Crippen molar-refractivity contribution in [2.45, 2.75) is 13.5 Å². The van der Waals surface area contributed by atoms with Crippen LogP contribution in [-0.4, -0.2) is 37.7 Å². The van der Waals surface area contributed by atoms with E-state index in [1.807, 2.05) is 24.3 Å². The predicted octanol–water partition coefficient (Wildman–Crippen LogP) is 3.22. The van der Waals surface area contributed by atoms with E-state index in [4.69, 9.17) is 4.74 Å². The summed E-state index contributed by atoms with van der Waals surface area (Å²) in [4.78, 5) is 3.96. The van der Waals surface area contributed by atoms with Crippen LogP contribution in [-0.2, 0) is 6.54 Å². The zero-order valence-electron chi connectivity index (χ0n) is 12.5. The Balaban J connectivity index is 1.70. The van der Waals surface area contributed by atoms with Gasteiger partial charge in [-0.15, -0.1) is 11.3 Å². The van der Waals surface area contributed by atoms with E-state index in [1.165, 1.54) is 16.0 Å². The molecule has 112 valence electrons. The third kappa shape index (κ3) is 3.84. The highest BCUT2D eigenvalue weighted by atomic mass is 32.1. The van der Waals surface area contributed by atoms with E-state index in [0.717, 1.165) is 38.5 Å². The first kappa shape index (κ1) is 14.6. The van der Waals surface area contributed by atoms with E-state index in [2.05, 4.69) is 39.9 Å². The van der Waals surface area contributed by atoms with E-state index >= 15 is 0 Å². The quantitative estimate of drug-likeness (QED) is 0.918. The van der Waals surface area contributed by atoms with Gasteiger partial charge in [-0.3, -0.25) is 4.90 Å². The van der Waals surface area contributed by atoms with Crippen LogP contribution in [0.1, 0.15) is 11.8 Å². The number of hydrogen-bond acceptors (Lipinski definition) is 4. The fourth-order valence-electron chi connectivity index (χ4n) is 2.64. The number of hydrogen-bond donors (Lipinski definition) is 1. The molecule has 21 heavy (non-hydrogen) atoms. The SMILES string of the molecule is CCOc1cccc(-c2csc(CN3CCNCC3)c2)c1. The van der Waals surface area contributed by atoms with Crippen molar-refractivity contribution in [1.29, 1.82) is 0 Å². The zero-order chi connectivity index (χ0) is 14.5. The van der Waals surface area contributed by atoms with Crippen molar-refractivity contribution < 1.29 is 4.74 Å². The van der Waals surface area contributed by atoms with Crippen molar-refractivity contribution in [3.63, 3.8) is 0 Å². The summed E-state index contributed by atoms with van der Waals surface area (Å²) in [7, 11) is 0. The molecule has 4 heteroatoms. The van der Waals surface area contributed by atoms with Crippen LogP contribution in [0.4, 0.5) is 0 Å². The van der Waals surface area contributed by atoms with Gasteiger partial charge in [-0.2, -0.15) is 0 Å². The molecule has 3 rings (SSSR count). The second-order valence-electron chi connectivity index (χ2n) is 5.29. The standard InChI is InChI=1S/C17H22N2OS/c1-2-20-16-5-3-4-14(10-16)15-11-17(21-13-15)12-19-8-6-18-7-9-19/h3-5,10-11,13,18H,2,6-9,12H2,1H3. The number of thiophene rings is 1. The molecule has 0 bridgehead atoms. The molecular weight excluding hydrogens is 280 g/mol. The summed E-state index contributed by atoms with van der Waals surface area (Å²) in [6.07, 6.45) is 0. The van der Waals surface area contributed by atoms with Gasteiger partial charge in [-0.05, 0) is 41.6 Å². The number of ether oxygens (including phenoxy) is 1. The van der Waals surface area contributed by atoms with Gasteiger partial charge in [0, 0.05) is 37.6 Å². The van der Waals surface area contributed by atoms with Crippen LogP contribution in [0.3, 0.4) is 0 Å². The summed E-state index contributed by atoms with van der Waals surface area (Å²) in [5, 5.41) is 5.65. The third-order valence-corrected chi connectivity index (χ3v) is 4.64. The first-order valence-corrected chi connectivity index (χ1v) is 8.47. The minimum absolute atomic E-state index is 0.710. The first-order chi connectivity index (χ1) is 10.3. The summed E-state index contributed by atoms with van der Waals surface area (Å²) in [6.45, 7) is 8.30. The summed E-state index contributed by atoms with van der Waals surface area (Å²) < 4.78 is 5.58. The fourth-order valence-corrected chi connectivity index (χ4v) is 3.57. The molecule has 1 fully saturated rings. The zero-order valence-corrected chi connectivity index (χ0v) is 13.3. The van der Waals surface area contributed by atoms with Gasteiger partial charge in [-0.25, -0.2) is 0 Å². The maximum Gasteiger partial charge on any atom is 0.119 e. The monoisotopic (exact) mass is 302 g/mol. The lowest BCUT2D eigenvalue weighted by molar-refractivity contribution is 0.235. The van der Waals surface area contributed by atoms with Gasteiger partial charge in [0.05, 0.1) is 6.61 Å².